The number of benzene rings is 2. The van der Waals surface area contributed by atoms with E-state index in [0.717, 1.165) is 5.56 Å². The van der Waals surface area contributed by atoms with E-state index >= 15 is 0 Å². The van der Waals surface area contributed by atoms with Crippen molar-refractivity contribution in [3.05, 3.63) is 93.7 Å². The van der Waals surface area contributed by atoms with Crippen molar-refractivity contribution in [2.75, 3.05) is 18.7 Å². The quantitative estimate of drug-likeness (QED) is 0.327. The highest BCUT2D eigenvalue weighted by atomic mass is 35.5. The Bertz CT molecular complexity index is 1310. The fourth-order valence-corrected chi connectivity index (χ4v) is 5.58. The number of nitrogens with zero attached hydrogens (tertiary/aromatic N) is 2. The van der Waals surface area contributed by atoms with E-state index in [0.29, 0.717) is 38.7 Å². The monoisotopic (exact) mass is 603 g/mol. The minimum absolute atomic E-state index is 0.00883. The molecule has 1 aromatic heterocycles. The predicted octanol–water partition coefficient (Wildman–Crippen LogP) is 4.88. The van der Waals surface area contributed by atoms with Crippen LogP contribution in [0.2, 0.25) is 10.0 Å². The van der Waals surface area contributed by atoms with E-state index in [1.807, 2.05) is 0 Å². The number of rotatable bonds is 10. The van der Waals surface area contributed by atoms with Crippen molar-refractivity contribution in [3.8, 4) is 5.75 Å². The van der Waals surface area contributed by atoms with Crippen LogP contribution in [-0.4, -0.2) is 58.7 Å². The van der Waals surface area contributed by atoms with Crippen LogP contribution in [0.25, 0.3) is 0 Å². The van der Waals surface area contributed by atoms with E-state index in [9.17, 15) is 14.4 Å². The number of thioether (sulfide) groups is 1. The fraction of sp³-hybridized carbons (Fsp3) is 0.286. The minimum atomic E-state index is -0.955. The lowest BCUT2D eigenvalue weighted by Crippen LogP contribution is -2.52. The zero-order chi connectivity index (χ0) is 28.5. The zero-order valence-electron chi connectivity index (χ0n) is 21.5. The van der Waals surface area contributed by atoms with E-state index in [1.165, 1.54) is 23.8 Å². The fourth-order valence-electron chi connectivity index (χ4n) is 3.93. The van der Waals surface area contributed by atoms with Crippen LogP contribution in [-0.2, 0) is 38.7 Å². The van der Waals surface area contributed by atoms with Crippen LogP contribution in [0.4, 0.5) is 4.79 Å². The van der Waals surface area contributed by atoms with Gasteiger partial charge in [-0.05, 0) is 42.0 Å². The van der Waals surface area contributed by atoms with Gasteiger partial charge in [0.1, 0.15) is 31.0 Å². The van der Waals surface area contributed by atoms with Crippen LogP contribution >= 0.6 is 35.0 Å². The molecular formula is C28H27Cl2N3O6S. The first-order chi connectivity index (χ1) is 19.4. The Morgan fingerprint density at radius 3 is 2.48 bits per heavy atom. The first-order valence-corrected chi connectivity index (χ1v) is 14.2. The molecule has 1 aliphatic heterocycles. The van der Waals surface area contributed by atoms with Crippen LogP contribution < -0.4 is 10.1 Å². The summed E-state index contributed by atoms with van der Waals surface area (Å²) in [6.07, 6.45) is 1.16. The standard InChI is InChI=1S/C28H27Cl2N3O6S/c1-37-27(35)24(13-18-8-10-20(11-9-18)38-15-21-22(29)6-4-7-23(21)30)32-26(34)25-16-40-17-33(25)28(36)39-14-19-5-2-3-12-31-19/h2-12,24-25H,13-17H2,1H3,(H,32,34)/t24-,25?/m0/s1. The topological polar surface area (TPSA) is 107 Å². The van der Waals surface area contributed by atoms with Crippen molar-refractivity contribution < 1.29 is 28.6 Å². The summed E-state index contributed by atoms with van der Waals surface area (Å²) in [5.41, 5.74) is 2.05. The third kappa shape index (κ3) is 7.80. The van der Waals surface area contributed by atoms with Crippen LogP contribution in [0.1, 0.15) is 16.8 Å². The molecule has 4 rings (SSSR count). The van der Waals surface area contributed by atoms with Gasteiger partial charge in [0.05, 0.1) is 18.7 Å². The lowest BCUT2D eigenvalue weighted by Gasteiger charge is -2.24. The Labute approximate surface area is 246 Å². The van der Waals surface area contributed by atoms with Gasteiger partial charge in [-0.3, -0.25) is 14.7 Å². The number of esters is 1. The van der Waals surface area contributed by atoms with Crippen molar-refractivity contribution in [1.29, 1.82) is 0 Å². The molecule has 0 saturated carbocycles. The highest BCUT2D eigenvalue weighted by Gasteiger charge is 2.37. The summed E-state index contributed by atoms with van der Waals surface area (Å²) < 4.78 is 16.1. The maximum absolute atomic E-state index is 13.1. The number of methoxy groups -OCH3 is 1. The molecule has 1 N–H and O–H groups in total. The van der Waals surface area contributed by atoms with Crippen LogP contribution in [0.15, 0.2) is 66.9 Å². The minimum Gasteiger partial charge on any atom is -0.489 e. The van der Waals surface area contributed by atoms with Gasteiger partial charge in [-0.15, -0.1) is 11.8 Å². The second kappa shape index (κ2) is 14.2. The summed E-state index contributed by atoms with van der Waals surface area (Å²) in [6.45, 7) is 0.185. The number of ether oxygens (including phenoxy) is 3. The molecular weight excluding hydrogens is 577 g/mol. The van der Waals surface area contributed by atoms with Gasteiger partial charge in [0.25, 0.3) is 0 Å². The lowest BCUT2D eigenvalue weighted by atomic mass is 10.1. The van der Waals surface area contributed by atoms with Crippen molar-refractivity contribution in [3.63, 3.8) is 0 Å². The van der Waals surface area contributed by atoms with E-state index in [2.05, 4.69) is 10.3 Å². The van der Waals surface area contributed by atoms with Gasteiger partial charge in [0.15, 0.2) is 0 Å². The first-order valence-electron chi connectivity index (χ1n) is 12.3. The summed E-state index contributed by atoms with van der Waals surface area (Å²) in [5, 5.41) is 3.77. The van der Waals surface area contributed by atoms with E-state index < -0.39 is 30.1 Å². The summed E-state index contributed by atoms with van der Waals surface area (Å²) in [4.78, 5) is 43.8. The summed E-state index contributed by atoms with van der Waals surface area (Å²) in [6, 6.07) is 15.9. The Kier molecular flexibility index (Phi) is 10.5. The average molecular weight is 605 g/mol. The second-order valence-corrected chi connectivity index (χ2v) is 10.6. The molecule has 0 spiro atoms. The highest BCUT2D eigenvalue weighted by molar-refractivity contribution is 7.99. The smallest absolute Gasteiger partial charge is 0.411 e. The molecule has 2 heterocycles. The number of hydrogen-bond donors (Lipinski definition) is 1. The normalized spacial score (nSPS) is 15.3. The molecule has 0 aliphatic carbocycles. The maximum atomic E-state index is 13.1. The number of aromatic nitrogens is 1. The van der Waals surface area contributed by atoms with E-state index in [1.54, 1.807) is 66.9 Å². The molecule has 9 nitrogen and oxygen atoms in total. The molecule has 1 saturated heterocycles. The third-order valence-electron chi connectivity index (χ3n) is 6.10. The van der Waals surface area contributed by atoms with Crippen molar-refractivity contribution in [2.45, 2.75) is 31.7 Å². The lowest BCUT2D eigenvalue weighted by molar-refractivity contribution is -0.145. The van der Waals surface area contributed by atoms with Crippen molar-refractivity contribution in [1.82, 2.24) is 15.2 Å². The largest absolute Gasteiger partial charge is 0.489 e. The van der Waals surface area contributed by atoms with Gasteiger partial charge < -0.3 is 19.5 Å². The first kappa shape index (κ1) is 29.5. The van der Waals surface area contributed by atoms with Gasteiger partial charge in [-0.25, -0.2) is 9.59 Å². The molecule has 2 amide bonds. The van der Waals surface area contributed by atoms with Gasteiger partial charge in [-0.2, -0.15) is 0 Å². The average Bonchev–Trinajstić information content (AvgIpc) is 3.47. The Morgan fingerprint density at radius 2 is 1.80 bits per heavy atom. The summed E-state index contributed by atoms with van der Waals surface area (Å²) >= 11 is 13.8. The third-order valence-corrected chi connectivity index (χ3v) is 7.82. The molecule has 210 valence electrons. The molecule has 1 fully saturated rings. The van der Waals surface area contributed by atoms with Crippen LogP contribution in [0.3, 0.4) is 0 Å². The molecule has 1 unspecified atom stereocenters. The summed E-state index contributed by atoms with van der Waals surface area (Å²) in [5.74, 6) is 0.188. The Hall–Kier alpha value is -3.47. The number of halogens is 2. The van der Waals surface area contributed by atoms with Crippen LogP contribution in [0, 0.1) is 0 Å². The van der Waals surface area contributed by atoms with E-state index in [-0.39, 0.29) is 19.6 Å². The number of pyridine rings is 1. The molecule has 2 atom stereocenters. The number of nitrogens with one attached hydrogen (secondary N) is 1. The second-order valence-electron chi connectivity index (χ2n) is 8.78. The molecule has 2 aromatic carbocycles. The molecule has 0 bridgehead atoms. The number of carbonyl (C=O) groups is 3. The molecule has 12 heteroatoms. The van der Waals surface area contributed by atoms with Gasteiger partial charge in [0, 0.05) is 34.0 Å². The number of amides is 2. The van der Waals surface area contributed by atoms with Crippen molar-refractivity contribution in [2.24, 2.45) is 0 Å². The van der Waals surface area contributed by atoms with Gasteiger partial charge in [0.2, 0.25) is 5.91 Å². The van der Waals surface area contributed by atoms with Gasteiger partial charge >= 0.3 is 12.1 Å². The predicted molar refractivity (Wildman–Crippen MR) is 152 cm³/mol. The van der Waals surface area contributed by atoms with Crippen molar-refractivity contribution >= 4 is 52.9 Å². The highest BCUT2D eigenvalue weighted by Crippen LogP contribution is 2.26. The zero-order valence-corrected chi connectivity index (χ0v) is 23.9. The SMILES string of the molecule is COC(=O)[C@H](Cc1ccc(OCc2c(Cl)cccc2Cl)cc1)NC(=O)C1CSCN1C(=O)OCc1ccccn1. The number of hydrogen-bond acceptors (Lipinski definition) is 8. The Morgan fingerprint density at radius 1 is 1.05 bits per heavy atom. The van der Waals surface area contributed by atoms with Crippen LogP contribution in [0.5, 0.6) is 5.75 Å². The molecule has 3 aromatic rings. The molecule has 0 radical (unpaired) electrons. The summed E-state index contributed by atoms with van der Waals surface area (Å²) in [7, 11) is 1.25. The number of carbonyl (C=O) groups excluding carboxylic acids is 3. The van der Waals surface area contributed by atoms with E-state index in [4.69, 9.17) is 37.4 Å². The van der Waals surface area contributed by atoms with Gasteiger partial charge in [-0.1, -0.05) is 47.5 Å². The maximum Gasteiger partial charge on any atom is 0.411 e. The Balaban J connectivity index is 1.34. The molecule has 40 heavy (non-hydrogen) atoms. The molecule has 1 aliphatic rings.